The summed E-state index contributed by atoms with van der Waals surface area (Å²) in [5, 5.41) is 8.94. The molecule has 0 aromatic heterocycles. The average Bonchev–Trinajstić information content (AvgIpc) is 2.46. The van der Waals surface area contributed by atoms with Crippen molar-refractivity contribution in [2.24, 2.45) is 0 Å². The first kappa shape index (κ1) is 16.1. The van der Waals surface area contributed by atoms with Gasteiger partial charge in [-0.05, 0) is 47.2 Å². The number of nitrogens with two attached hydrogens (primary N) is 1. The zero-order chi connectivity index (χ0) is 13.8. The summed E-state index contributed by atoms with van der Waals surface area (Å²) in [6, 6.07) is 15.9. The number of nitrogen functional groups attached to an aromatic ring is 1. The second kappa shape index (κ2) is 6.98. The van der Waals surface area contributed by atoms with E-state index >= 15 is 0 Å². The van der Waals surface area contributed by atoms with E-state index in [1.54, 1.807) is 6.07 Å². The van der Waals surface area contributed by atoms with Crippen molar-refractivity contribution in [1.82, 2.24) is 0 Å². The number of hydrogen-bond donors (Lipinski definition) is 1. The van der Waals surface area contributed by atoms with Crippen LogP contribution in [0.4, 0.5) is 5.69 Å². The van der Waals surface area contributed by atoms with Crippen LogP contribution in [0.25, 0.3) is 11.1 Å². The molecule has 0 radical (unpaired) electrons. The lowest BCUT2D eigenvalue weighted by atomic mass is 9.94. The molecule has 2 aromatic carbocycles. The Kier molecular flexibility index (Phi) is 5.61. The molecule has 0 fully saturated rings. The van der Waals surface area contributed by atoms with Crippen LogP contribution in [0.3, 0.4) is 0 Å². The summed E-state index contributed by atoms with van der Waals surface area (Å²) in [6.07, 6.45) is 1.08. The topological polar surface area (TPSA) is 49.8 Å². The molecule has 0 spiro atoms. The molecule has 0 aliphatic heterocycles. The smallest absolute Gasteiger partial charge is 0.0991 e. The van der Waals surface area contributed by atoms with E-state index < -0.39 is 0 Å². The largest absolute Gasteiger partial charge is 0.398 e. The van der Waals surface area contributed by atoms with Gasteiger partial charge in [0.1, 0.15) is 0 Å². The monoisotopic (exact) mass is 286 g/mol. The van der Waals surface area contributed by atoms with Gasteiger partial charge in [0.15, 0.2) is 0 Å². The Labute approximate surface area is 126 Å². The van der Waals surface area contributed by atoms with E-state index in [4.69, 9.17) is 11.0 Å². The van der Waals surface area contributed by atoms with Gasteiger partial charge < -0.3 is 5.73 Å². The van der Waals surface area contributed by atoms with Crippen LogP contribution in [0.5, 0.6) is 0 Å². The van der Waals surface area contributed by atoms with E-state index in [-0.39, 0.29) is 12.4 Å². The summed E-state index contributed by atoms with van der Waals surface area (Å²) in [5.74, 6) is 0.472. The Morgan fingerprint density at radius 2 is 1.85 bits per heavy atom. The highest BCUT2D eigenvalue weighted by atomic mass is 35.5. The van der Waals surface area contributed by atoms with E-state index in [2.05, 4.69) is 32.0 Å². The third kappa shape index (κ3) is 3.31. The minimum absolute atomic E-state index is 0. The van der Waals surface area contributed by atoms with Crippen LogP contribution in [0.1, 0.15) is 37.3 Å². The van der Waals surface area contributed by atoms with Crippen LogP contribution in [0, 0.1) is 11.3 Å². The fourth-order valence-electron chi connectivity index (χ4n) is 2.19. The minimum Gasteiger partial charge on any atom is -0.398 e. The molecule has 1 atom stereocenters. The summed E-state index contributed by atoms with van der Waals surface area (Å²) in [5.41, 5.74) is 10.9. The van der Waals surface area contributed by atoms with Crippen LogP contribution < -0.4 is 5.73 Å². The molecule has 2 rings (SSSR count). The number of nitrogens with zero attached hydrogens (tertiary/aromatic N) is 1. The quantitative estimate of drug-likeness (QED) is 0.828. The lowest BCUT2D eigenvalue weighted by molar-refractivity contribution is 0.736. The maximum atomic E-state index is 8.94. The van der Waals surface area contributed by atoms with Crippen molar-refractivity contribution in [1.29, 1.82) is 5.26 Å². The Morgan fingerprint density at radius 3 is 2.45 bits per heavy atom. The van der Waals surface area contributed by atoms with Gasteiger partial charge in [-0.25, -0.2) is 0 Å². The minimum atomic E-state index is 0. The van der Waals surface area contributed by atoms with Gasteiger partial charge >= 0.3 is 0 Å². The molecular weight excluding hydrogens is 268 g/mol. The number of rotatable bonds is 3. The molecule has 2 N–H and O–H groups in total. The Hall–Kier alpha value is -1.98. The lowest BCUT2D eigenvalue weighted by Crippen LogP contribution is -1.98. The highest BCUT2D eigenvalue weighted by Gasteiger charge is 2.08. The zero-order valence-corrected chi connectivity index (χ0v) is 12.6. The molecule has 0 amide bonds. The highest BCUT2D eigenvalue weighted by molar-refractivity contribution is 5.85. The van der Waals surface area contributed by atoms with Crippen molar-refractivity contribution in [2.45, 2.75) is 26.2 Å². The highest BCUT2D eigenvalue weighted by Crippen LogP contribution is 2.29. The van der Waals surface area contributed by atoms with Gasteiger partial charge in [0.05, 0.1) is 11.6 Å². The number of anilines is 1. The van der Waals surface area contributed by atoms with E-state index in [1.165, 1.54) is 5.56 Å². The lowest BCUT2D eigenvalue weighted by Gasteiger charge is -2.13. The molecular formula is C17H19ClN2. The maximum absolute atomic E-state index is 8.94. The normalized spacial score (nSPS) is 11.2. The van der Waals surface area contributed by atoms with Crippen molar-refractivity contribution < 1.29 is 0 Å². The number of nitriles is 1. The first-order chi connectivity index (χ1) is 9.15. The average molecular weight is 287 g/mol. The maximum Gasteiger partial charge on any atom is 0.0991 e. The molecule has 2 nitrogen and oxygen atoms in total. The molecule has 2 aromatic rings. The van der Waals surface area contributed by atoms with Crippen LogP contribution in [0.15, 0.2) is 42.5 Å². The molecule has 3 heteroatoms. The molecule has 0 aliphatic carbocycles. The summed E-state index contributed by atoms with van der Waals surface area (Å²) in [7, 11) is 0. The van der Waals surface area contributed by atoms with Crippen LogP contribution in [-0.4, -0.2) is 0 Å². The molecule has 0 aliphatic rings. The predicted molar refractivity (Wildman–Crippen MR) is 87.0 cm³/mol. The van der Waals surface area contributed by atoms with Crippen molar-refractivity contribution in [3.05, 3.63) is 53.6 Å². The number of benzene rings is 2. The van der Waals surface area contributed by atoms with Gasteiger partial charge in [0.2, 0.25) is 0 Å². The summed E-state index contributed by atoms with van der Waals surface area (Å²) in [6.45, 7) is 4.34. The first-order valence-corrected chi connectivity index (χ1v) is 6.55. The number of halogens is 1. The van der Waals surface area contributed by atoms with E-state index in [1.807, 2.05) is 24.3 Å². The van der Waals surface area contributed by atoms with Crippen molar-refractivity contribution >= 4 is 18.1 Å². The van der Waals surface area contributed by atoms with Crippen molar-refractivity contribution in [3.8, 4) is 17.2 Å². The molecule has 104 valence electrons. The SMILES string of the molecule is CCC(C)c1ccc(-c2cccc(C#N)c2)cc1N.Cl. The third-order valence-electron chi connectivity index (χ3n) is 3.56. The van der Waals surface area contributed by atoms with Crippen LogP contribution in [0.2, 0.25) is 0 Å². The molecule has 20 heavy (non-hydrogen) atoms. The van der Waals surface area contributed by atoms with Gasteiger partial charge in [-0.3, -0.25) is 0 Å². The van der Waals surface area contributed by atoms with Gasteiger partial charge in [-0.2, -0.15) is 5.26 Å². The predicted octanol–water partition coefficient (Wildman–Crippen LogP) is 4.74. The number of hydrogen-bond acceptors (Lipinski definition) is 2. The van der Waals surface area contributed by atoms with Gasteiger partial charge in [-0.15, -0.1) is 12.4 Å². The molecule has 0 heterocycles. The molecule has 0 bridgehead atoms. The van der Waals surface area contributed by atoms with E-state index in [9.17, 15) is 0 Å². The van der Waals surface area contributed by atoms with Gasteiger partial charge in [0.25, 0.3) is 0 Å². The second-order valence-electron chi connectivity index (χ2n) is 4.85. The molecule has 0 saturated carbocycles. The van der Waals surface area contributed by atoms with E-state index in [0.29, 0.717) is 11.5 Å². The summed E-state index contributed by atoms with van der Waals surface area (Å²) in [4.78, 5) is 0. The van der Waals surface area contributed by atoms with Gasteiger partial charge in [0, 0.05) is 5.69 Å². The van der Waals surface area contributed by atoms with E-state index in [0.717, 1.165) is 23.2 Å². The standard InChI is InChI=1S/C17H18N2.ClH/c1-3-12(2)16-8-7-15(10-17(16)19)14-6-4-5-13(9-14)11-18;/h4-10,12H,3,19H2,1-2H3;1H. The Morgan fingerprint density at radius 1 is 1.15 bits per heavy atom. The zero-order valence-electron chi connectivity index (χ0n) is 11.8. The molecule has 1 unspecified atom stereocenters. The Bertz CT molecular complexity index is 629. The third-order valence-corrected chi connectivity index (χ3v) is 3.56. The van der Waals surface area contributed by atoms with Crippen LogP contribution in [-0.2, 0) is 0 Å². The fraction of sp³-hybridized carbons (Fsp3) is 0.235. The van der Waals surface area contributed by atoms with Crippen molar-refractivity contribution in [3.63, 3.8) is 0 Å². The molecule has 0 saturated heterocycles. The summed E-state index contributed by atoms with van der Waals surface area (Å²) >= 11 is 0. The van der Waals surface area contributed by atoms with Crippen molar-refractivity contribution in [2.75, 3.05) is 5.73 Å². The Balaban J connectivity index is 0.00000200. The first-order valence-electron chi connectivity index (χ1n) is 6.55. The second-order valence-corrected chi connectivity index (χ2v) is 4.85. The summed E-state index contributed by atoms with van der Waals surface area (Å²) < 4.78 is 0. The van der Waals surface area contributed by atoms with Crippen LogP contribution >= 0.6 is 12.4 Å². The fourth-order valence-corrected chi connectivity index (χ4v) is 2.19. The van der Waals surface area contributed by atoms with Gasteiger partial charge in [-0.1, -0.05) is 38.1 Å².